The van der Waals surface area contributed by atoms with Crippen molar-refractivity contribution in [1.29, 1.82) is 0 Å². The van der Waals surface area contributed by atoms with Gasteiger partial charge in [0.2, 0.25) is 5.91 Å². The molecule has 0 aliphatic heterocycles. The first-order chi connectivity index (χ1) is 7.99. The highest BCUT2D eigenvalue weighted by atomic mass is 32.1. The molecule has 3 nitrogen and oxygen atoms in total. The zero-order valence-corrected chi connectivity index (χ0v) is 11.6. The van der Waals surface area contributed by atoms with Crippen LogP contribution in [0.4, 0.5) is 0 Å². The highest BCUT2D eigenvalue weighted by molar-refractivity contribution is 7.80. The highest BCUT2D eigenvalue weighted by Crippen LogP contribution is 2.12. The molecule has 0 aromatic rings. The van der Waals surface area contributed by atoms with Gasteiger partial charge in [-0.05, 0) is 37.6 Å². The Labute approximate surface area is 109 Å². The first-order valence-electron chi connectivity index (χ1n) is 5.83. The number of carbonyl (C=O) groups is 1. The predicted octanol–water partition coefficient (Wildman–Crippen LogP) is 3.07. The lowest BCUT2D eigenvalue weighted by atomic mass is 10.1. The van der Waals surface area contributed by atoms with E-state index in [1.54, 1.807) is 6.92 Å². The van der Waals surface area contributed by atoms with E-state index in [1.165, 1.54) is 6.92 Å². The molecule has 0 aliphatic carbocycles. The molecule has 1 amide bonds. The van der Waals surface area contributed by atoms with Crippen molar-refractivity contribution in [3.8, 4) is 0 Å². The van der Waals surface area contributed by atoms with Crippen molar-refractivity contribution in [1.82, 2.24) is 5.32 Å². The van der Waals surface area contributed by atoms with Gasteiger partial charge in [-0.3, -0.25) is 4.79 Å². The quantitative estimate of drug-likeness (QED) is 0.417. The van der Waals surface area contributed by atoms with E-state index in [-0.39, 0.29) is 11.0 Å². The number of aliphatic hydroxyl groups excluding tert-OH is 1. The Kier molecular flexibility index (Phi) is 8.32. The number of carbonyl (C=O) groups excluding carboxylic acids is 1. The minimum Gasteiger partial charge on any atom is -0.499 e. The molecule has 0 saturated heterocycles. The number of allylic oxidation sites excluding steroid dienone is 2. The van der Waals surface area contributed by atoms with Crippen LogP contribution >= 0.6 is 12.2 Å². The van der Waals surface area contributed by atoms with Gasteiger partial charge in [0, 0.05) is 19.0 Å². The van der Waals surface area contributed by atoms with E-state index in [1.807, 2.05) is 6.08 Å². The molecule has 0 fully saturated rings. The number of amides is 1. The van der Waals surface area contributed by atoms with Crippen LogP contribution in [0.25, 0.3) is 0 Å². The van der Waals surface area contributed by atoms with Crippen molar-refractivity contribution in [3.05, 3.63) is 23.3 Å². The third kappa shape index (κ3) is 7.69. The molecule has 2 N–H and O–H groups in total. The van der Waals surface area contributed by atoms with Crippen molar-refractivity contribution in [2.24, 2.45) is 0 Å². The van der Waals surface area contributed by atoms with E-state index in [9.17, 15) is 9.90 Å². The molecule has 0 bridgehead atoms. The van der Waals surface area contributed by atoms with Crippen LogP contribution in [0.15, 0.2) is 23.3 Å². The van der Waals surface area contributed by atoms with Crippen molar-refractivity contribution in [2.45, 2.75) is 40.0 Å². The molecule has 0 spiro atoms. The number of aliphatic hydroxyl groups is 1. The molecule has 0 atom stereocenters. The molecule has 4 heteroatoms. The molecule has 17 heavy (non-hydrogen) atoms. The standard InChI is InChI=1S/C13H21NO2S/c1-4-5-6-7-12(10(2)13(16)17)8-9-14-11(3)15/h6-7H,4-5,8-9H2,1-3H3,(H,14,15)(H,16,17)/b7-6+,12-10-. The monoisotopic (exact) mass is 255 g/mol. The minimum atomic E-state index is -0.0797. The van der Waals surface area contributed by atoms with E-state index in [4.69, 9.17) is 12.2 Å². The highest BCUT2D eigenvalue weighted by Gasteiger charge is 2.04. The summed E-state index contributed by atoms with van der Waals surface area (Å²) in [5.74, 6) is -0.0499. The molecule has 0 aliphatic rings. The maximum absolute atomic E-state index is 10.8. The van der Waals surface area contributed by atoms with Crippen LogP contribution in [-0.2, 0) is 4.79 Å². The molecule has 0 aromatic carbocycles. The Morgan fingerprint density at radius 3 is 2.53 bits per heavy atom. The van der Waals surface area contributed by atoms with Crippen LogP contribution in [0.1, 0.15) is 40.0 Å². The lowest BCUT2D eigenvalue weighted by Crippen LogP contribution is -2.21. The van der Waals surface area contributed by atoms with Gasteiger partial charge in [-0.25, -0.2) is 0 Å². The van der Waals surface area contributed by atoms with Crippen molar-refractivity contribution in [2.75, 3.05) is 6.54 Å². The van der Waals surface area contributed by atoms with Crippen LogP contribution in [0, 0.1) is 0 Å². The van der Waals surface area contributed by atoms with Gasteiger partial charge < -0.3 is 10.4 Å². The van der Waals surface area contributed by atoms with Gasteiger partial charge in [0.1, 0.15) is 0 Å². The van der Waals surface area contributed by atoms with E-state index >= 15 is 0 Å². The number of nitrogens with one attached hydrogen (secondary N) is 1. The van der Waals surface area contributed by atoms with Gasteiger partial charge in [-0.1, -0.05) is 25.5 Å². The summed E-state index contributed by atoms with van der Waals surface area (Å²) in [7, 11) is 0. The third-order valence-corrected chi connectivity index (χ3v) is 2.65. The number of thiocarbonyl (C=S) groups is 1. The van der Waals surface area contributed by atoms with Crippen LogP contribution in [0.2, 0.25) is 0 Å². The van der Waals surface area contributed by atoms with Crippen LogP contribution in [-0.4, -0.2) is 22.6 Å². The minimum absolute atomic E-state index is 0.0499. The van der Waals surface area contributed by atoms with E-state index in [2.05, 4.69) is 18.3 Å². The van der Waals surface area contributed by atoms with Crippen molar-refractivity contribution in [3.63, 3.8) is 0 Å². The summed E-state index contributed by atoms with van der Waals surface area (Å²) in [5, 5.41) is 12.0. The first-order valence-corrected chi connectivity index (χ1v) is 6.23. The lowest BCUT2D eigenvalue weighted by Gasteiger charge is -2.07. The molecule has 0 radical (unpaired) electrons. The summed E-state index contributed by atoms with van der Waals surface area (Å²) in [6.07, 6.45) is 6.79. The lowest BCUT2D eigenvalue weighted by molar-refractivity contribution is -0.118. The van der Waals surface area contributed by atoms with Crippen LogP contribution < -0.4 is 5.32 Å². The second-order valence-electron chi connectivity index (χ2n) is 3.88. The maximum Gasteiger partial charge on any atom is 0.216 e. The molecule has 96 valence electrons. The van der Waals surface area contributed by atoms with Gasteiger partial charge in [0.25, 0.3) is 0 Å². The smallest absolute Gasteiger partial charge is 0.216 e. The number of hydrogen-bond donors (Lipinski definition) is 2. The Balaban J connectivity index is 4.57. The van der Waals surface area contributed by atoms with Gasteiger partial charge in [-0.15, -0.1) is 0 Å². The Hall–Kier alpha value is -1.16. The summed E-state index contributed by atoms with van der Waals surface area (Å²) in [4.78, 5) is 10.8. The van der Waals surface area contributed by atoms with Crippen LogP contribution in [0.3, 0.4) is 0 Å². The topological polar surface area (TPSA) is 49.3 Å². The summed E-state index contributed by atoms with van der Waals surface area (Å²) >= 11 is 4.75. The summed E-state index contributed by atoms with van der Waals surface area (Å²) in [5.41, 5.74) is 1.68. The fourth-order valence-electron chi connectivity index (χ4n) is 1.30. The molecular weight excluding hydrogens is 234 g/mol. The number of hydrogen-bond acceptors (Lipinski definition) is 2. The van der Waals surface area contributed by atoms with Crippen molar-refractivity contribution < 1.29 is 9.90 Å². The normalized spacial score (nSPS) is 12.4. The largest absolute Gasteiger partial charge is 0.499 e. The second kappa shape index (κ2) is 8.93. The zero-order chi connectivity index (χ0) is 13.3. The van der Waals surface area contributed by atoms with Gasteiger partial charge in [0.05, 0.1) is 0 Å². The molecule has 0 aromatic heterocycles. The number of rotatable bonds is 7. The van der Waals surface area contributed by atoms with Crippen LogP contribution in [0.5, 0.6) is 0 Å². The maximum atomic E-state index is 10.8. The predicted molar refractivity (Wildman–Crippen MR) is 75.3 cm³/mol. The fourth-order valence-corrected chi connectivity index (χ4v) is 1.43. The molecule has 0 heterocycles. The third-order valence-electron chi connectivity index (χ3n) is 2.35. The van der Waals surface area contributed by atoms with Gasteiger partial charge >= 0.3 is 0 Å². The summed E-state index contributed by atoms with van der Waals surface area (Å²) < 4.78 is 0. The first kappa shape index (κ1) is 15.8. The zero-order valence-electron chi connectivity index (χ0n) is 10.7. The molecule has 0 unspecified atom stereocenters. The fraction of sp³-hybridized carbons (Fsp3) is 0.538. The Morgan fingerprint density at radius 1 is 1.41 bits per heavy atom. The van der Waals surface area contributed by atoms with Gasteiger partial charge in [0.15, 0.2) is 5.05 Å². The van der Waals surface area contributed by atoms with E-state index in [0.29, 0.717) is 18.5 Å². The molecular formula is C13H21NO2S. The number of unbranched alkanes of at least 4 members (excludes halogenated alkanes) is 1. The van der Waals surface area contributed by atoms with E-state index in [0.717, 1.165) is 18.4 Å². The summed E-state index contributed by atoms with van der Waals surface area (Å²) in [6.45, 7) is 5.94. The average Bonchev–Trinajstić information content (AvgIpc) is 2.25. The average molecular weight is 255 g/mol. The molecule has 0 saturated carbocycles. The molecule has 0 rings (SSSR count). The second-order valence-corrected chi connectivity index (χ2v) is 4.27. The Morgan fingerprint density at radius 2 is 2.06 bits per heavy atom. The SMILES string of the molecule is CCC/C=C/C(CCNC(C)=O)=C(\C)C(O)=S. The Bertz CT molecular complexity index is 332. The van der Waals surface area contributed by atoms with E-state index < -0.39 is 0 Å². The van der Waals surface area contributed by atoms with Gasteiger partial charge in [-0.2, -0.15) is 0 Å². The van der Waals surface area contributed by atoms with Crippen molar-refractivity contribution >= 4 is 23.2 Å². The summed E-state index contributed by atoms with van der Waals surface area (Å²) in [6, 6.07) is 0.